The Balaban J connectivity index is 1.82. The van der Waals surface area contributed by atoms with Crippen LogP contribution in [-0.2, 0) is 4.79 Å². The number of nitrogens with one attached hydrogen (secondary N) is 2. The Morgan fingerprint density at radius 2 is 1.77 bits per heavy atom. The number of Topliss-reactive ketones (excluding diaryl/α,β-unsaturated/α-hetero) is 1. The third-order valence-electron chi connectivity index (χ3n) is 3.06. The maximum absolute atomic E-state index is 11.8. The van der Waals surface area contributed by atoms with E-state index >= 15 is 0 Å². The lowest BCUT2D eigenvalue weighted by atomic mass is 10.1. The van der Waals surface area contributed by atoms with Gasteiger partial charge in [-0.2, -0.15) is 0 Å². The van der Waals surface area contributed by atoms with Gasteiger partial charge in [0.25, 0.3) is 0 Å². The van der Waals surface area contributed by atoms with Gasteiger partial charge in [-0.15, -0.1) is 0 Å². The van der Waals surface area contributed by atoms with Gasteiger partial charge in [0.2, 0.25) is 5.91 Å². The summed E-state index contributed by atoms with van der Waals surface area (Å²) >= 11 is 5.86. The lowest BCUT2D eigenvalue weighted by Crippen LogP contribution is -2.16. The van der Waals surface area contributed by atoms with Crippen molar-refractivity contribution in [2.45, 2.75) is 13.3 Å². The molecule has 0 aromatic heterocycles. The zero-order chi connectivity index (χ0) is 15.9. The molecule has 2 aromatic carbocycles. The molecule has 1 amide bonds. The van der Waals surface area contributed by atoms with E-state index in [9.17, 15) is 9.59 Å². The van der Waals surface area contributed by atoms with Gasteiger partial charge in [-0.1, -0.05) is 29.8 Å². The highest BCUT2D eigenvalue weighted by atomic mass is 35.5. The Hall–Kier alpha value is -2.33. The highest BCUT2D eigenvalue weighted by Gasteiger charge is 2.04. The molecule has 0 aliphatic heterocycles. The molecule has 0 aliphatic carbocycles. The molecule has 2 N–H and O–H groups in total. The summed E-state index contributed by atoms with van der Waals surface area (Å²) < 4.78 is 0. The second-order valence-corrected chi connectivity index (χ2v) is 5.31. The first-order chi connectivity index (χ1) is 10.5. The molecule has 4 nitrogen and oxygen atoms in total. The molecule has 0 unspecified atom stereocenters. The Labute approximate surface area is 134 Å². The van der Waals surface area contributed by atoms with Crippen molar-refractivity contribution in [2.24, 2.45) is 0 Å². The number of hydrogen-bond acceptors (Lipinski definition) is 3. The number of carbonyl (C=O) groups excluding carboxylic acids is 2. The summed E-state index contributed by atoms with van der Waals surface area (Å²) in [6.45, 7) is 2.01. The van der Waals surface area contributed by atoms with Crippen LogP contribution in [0.1, 0.15) is 23.7 Å². The highest BCUT2D eigenvalue weighted by Crippen LogP contribution is 2.15. The SMILES string of the molecule is CC(=O)c1cccc(NCCC(=O)Nc2cccc(Cl)c2)c1. The van der Waals surface area contributed by atoms with E-state index in [1.165, 1.54) is 6.92 Å². The van der Waals surface area contributed by atoms with E-state index in [0.717, 1.165) is 5.69 Å². The first-order valence-electron chi connectivity index (χ1n) is 6.95. The number of rotatable bonds is 6. The van der Waals surface area contributed by atoms with Gasteiger partial charge < -0.3 is 10.6 Å². The number of benzene rings is 2. The van der Waals surface area contributed by atoms with Crippen LogP contribution in [-0.4, -0.2) is 18.2 Å². The van der Waals surface area contributed by atoms with E-state index in [1.54, 1.807) is 36.4 Å². The minimum atomic E-state index is -0.0995. The van der Waals surface area contributed by atoms with Crippen molar-refractivity contribution in [3.05, 3.63) is 59.1 Å². The number of amides is 1. The number of anilines is 2. The van der Waals surface area contributed by atoms with E-state index in [0.29, 0.717) is 29.2 Å². The van der Waals surface area contributed by atoms with E-state index in [4.69, 9.17) is 11.6 Å². The molecule has 5 heteroatoms. The summed E-state index contributed by atoms with van der Waals surface area (Å²) in [4.78, 5) is 23.1. The molecule has 0 radical (unpaired) electrons. The van der Waals surface area contributed by atoms with E-state index < -0.39 is 0 Å². The Morgan fingerprint density at radius 3 is 2.50 bits per heavy atom. The van der Waals surface area contributed by atoms with Crippen LogP contribution in [0.3, 0.4) is 0 Å². The van der Waals surface area contributed by atoms with Crippen molar-refractivity contribution in [1.82, 2.24) is 0 Å². The van der Waals surface area contributed by atoms with Crippen LogP contribution < -0.4 is 10.6 Å². The van der Waals surface area contributed by atoms with Crippen LogP contribution in [0.15, 0.2) is 48.5 Å². The minimum absolute atomic E-state index is 0.0161. The van der Waals surface area contributed by atoms with E-state index in [1.807, 2.05) is 12.1 Å². The largest absolute Gasteiger partial charge is 0.385 e. The van der Waals surface area contributed by atoms with Crippen molar-refractivity contribution in [1.29, 1.82) is 0 Å². The summed E-state index contributed by atoms with van der Waals surface area (Å²) in [6.07, 6.45) is 0.316. The molecule has 0 saturated carbocycles. The zero-order valence-corrected chi connectivity index (χ0v) is 13.0. The molecule has 0 aliphatic rings. The molecule has 2 aromatic rings. The first-order valence-corrected chi connectivity index (χ1v) is 7.33. The lowest BCUT2D eigenvalue weighted by Gasteiger charge is -2.08. The molecule has 0 saturated heterocycles. The molecule has 0 atom stereocenters. The van der Waals surface area contributed by atoms with E-state index in [2.05, 4.69) is 10.6 Å². The average molecular weight is 317 g/mol. The van der Waals surface area contributed by atoms with E-state index in [-0.39, 0.29) is 11.7 Å². The average Bonchev–Trinajstić information content (AvgIpc) is 2.47. The number of ketones is 1. The molecular weight excluding hydrogens is 300 g/mol. The van der Waals surface area contributed by atoms with Crippen LogP contribution in [0.4, 0.5) is 11.4 Å². The Kier molecular flexibility index (Phi) is 5.55. The molecule has 22 heavy (non-hydrogen) atoms. The van der Waals surface area contributed by atoms with Crippen LogP contribution in [0.25, 0.3) is 0 Å². The molecule has 0 bridgehead atoms. The van der Waals surface area contributed by atoms with Crippen LogP contribution >= 0.6 is 11.6 Å². The van der Waals surface area contributed by atoms with Gasteiger partial charge in [0.05, 0.1) is 0 Å². The van der Waals surface area contributed by atoms with Crippen LogP contribution in [0, 0.1) is 0 Å². The number of hydrogen-bond donors (Lipinski definition) is 2. The summed E-state index contributed by atoms with van der Waals surface area (Å²) in [5, 5.41) is 6.49. The summed E-state index contributed by atoms with van der Waals surface area (Å²) in [5.74, 6) is -0.0835. The summed E-state index contributed by atoms with van der Waals surface area (Å²) in [6, 6.07) is 14.2. The topological polar surface area (TPSA) is 58.2 Å². The molecule has 0 fully saturated rings. The quantitative estimate of drug-likeness (QED) is 0.792. The summed E-state index contributed by atoms with van der Waals surface area (Å²) in [7, 11) is 0. The van der Waals surface area contributed by atoms with Crippen LogP contribution in [0.5, 0.6) is 0 Å². The van der Waals surface area contributed by atoms with Gasteiger partial charge in [-0.05, 0) is 37.3 Å². The van der Waals surface area contributed by atoms with Crippen molar-refractivity contribution < 1.29 is 9.59 Å². The van der Waals surface area contributed by atoms with Gasteiger partial charge in [0.1, 0.15) is 0 Å². The Morgan fingerprint density at radius 1 is 1.05 bits per heavy atom. The fraction of sp³-hybridized carbons (Fsp3) is 0.176. The Bertz CT molecular complexity index is 686. The monoisotopic (exact) mass is 316 g/mol. The predicted octanol–water partition coefficient (Wildman–Crippen LogP) is 3.98. The van der Waals surface area contributed by atoms with Crippen molar-refractivity contribution in [2.75, 3.05) is 17.2 Å². The molecule has 114 valence electrons. The van der Waals surface area contributed by atoms with Crippen molar-refractivity contribution in [3.63, 3.8) is 0 Å². The number of halogens is 1. The second-order valence-electron chi connectivity index (χ2n) is 4.87. The maximum atomic E-state index is 11.8. The molecule has 2 rings (SSSR count). The normalized spacial score (nSPS) is 10.1. The standard InChI is InChI=1S/C17H17ClN2O2/c1-12(21)13-4-2-6-15(10-13)19-9-8-17(22)20-16-7-3-5-14(18)11-16/h2-7,10-11,19H,8-9H2,1H3,(H,20,22). The smallest absolute Gasteiger partial charge is 0.226 e. The highest BCUT2D eigenvalue weighted by molar-refractivity contribution is 6.30. The van der Waals surface area contributed by atoms with Gasteiger partial charge in [-0.25, -0.2) is 0 Å². The molecular formula is C17H17ClN2O2. The van der Waals surface area contributed by atoms with Crippen molar-refractivity contribution >= 4 is 34.7 Å². The van der Waals surface area contributed by atoms with Gasteiger partial charge in [0.15, 0.2) is 5.78 Å². The second kappa shape index (κ2) is 7.61. The molecule has 0 spiro atoms. The maximum Gasteiger partial charge on any atom is 0.226 e. The van der Waals surface area contributed by atoms with Crippen molar-refractivity contribution in [3.8, 4) is 0 Å². The first kappa shape index (κ1) is 16.0. The van der Waals surface area contributed by atoms with Gasteiger partial charge >= 0.3 is 0 Å². The predicted molar refractivity (Wildman–Crippen MR) is 89.6 cm³/mol. The fourth-order valence-corrected chi connectivity index (χ4v) is 2.15. The zero-order valence-electron chi connectivity index (χ0n) is 12.2. The third kappa shape index (κ3) is 4.90. The third-order valence-corrected chi connectivity index (χ3v) is 3.29. The lowest BCUT2D eigenvalue weighted by molar-refractivity contribution is -0.115. The van der Waals surface area contributed by atoms with Gasteiger partial charge in [0, 0.05) is 34.9 Å². The minimum Gasteiger partial charge on any atom is -0.385 e. The summed E-state index contributed by atoms with van der Waals surface area (Å²) in [5.41, 5.74) is 2.15. The number of carbonyl (C=O) groups is 2. The molecule has 0 heterocycles. The van der Waals surface area contributed by atoms with Crippen LogP contribution in [0.2, 0.25) is 5.02 Å². The van der Waals surface area contributed by atoms with Gasteiger partial charge in [-0.3, -0.25) is 9.59 Å². The fourth-order valence-electron chi connectivity index (χ4n) is 1.96.